The molecule has 1 aliphatic heterocycles. The highest BCUT2D eigenvalue weighted by Crippen LogP contribution is 2.47. The van der Waals surface area contributed by atoms with Crippen LogP contribution in [0.3, 0.4) is 0 Å². The van der Waals surface area contributed by atoms with E-state index in [1.807, 2.05) is 0 Å². The van der Waals surface area contributed by atoms with Gasteiger partial charge in [0.15, 0.2) is 0 Å². The van der Waals surface area contributed by atoms with Gasteiger partial charge in [-0.25, -0.2) is 0 Å². The van der Waals surface area contributed by atoms with Crippen LogP contribution in [0, 0.1) is 29.6 Å². The number of rotatable bonds is 1. The fourth-order valence-electron chi connectivity index (χ4n) is 4.71. The molecule has 3 aliphatic rings. The van der Waals surface area contributed by atoms with Gasteiger partial charge in [-0.2, -0.15) is 0 Å². The molecule has 3 rings (SSSR count). The van der Waals surface area contributed by atoms with Crippen molar-refractivity contribution >= 4 is 0 Å². The van der Waals surface area contributed by atoms with Gasteiger partial charge in [0, 0.05) is 5.92 Å². The van der Waals surface area contributed by atoms with E-state index in [1.165, 1.54) is 19.3 Å². The maximum atomic E-state index is 6.36. The molecular formula is C18H28O. The van der Waals surface area contributed by atoms with Gasteiger partial charge in [-0.05, 0) is 56.8 Å². The third-order valence-corrected chi connectivity index (χ3v) is 5.95. The highest BCUT2D eigenvalue weighted by molar-refractivity contribution is 5.18. The van der Waals surface area contributed by atoms with E-state index in [2.05, 4.69) is 39.8 Å². The summed E-state index contributed by atoms with van der Waals surface area (Å²) in [7, 11) is 0. The maximum Gasteiger partial charge on any atom is 0.0674 e. The predicted molar refractivity (Wildman–Crippen MR) is 79.9 cm³/mol. The molecule has 19 heavy (non-hydrogen) atoms. The van der Waals surface area contributed by atoms with Crippen molar-refractivity contribution in [3.8, 4) is 0 Å². The molecule has 0 aromatic rings. The molecule has 0 N–H and O–H groups in total. The zero-order valence-corrected chi connectivity index (χ0v) is 12.9. The predicted octanol–water partition coefficient (Wildman–Crippen LogP) is 4.60. The van der Waals surface area contributed by atoms with Crippen LogP contribution in [0.1, 0.15) is 47.0 Å². The number of hydrogen-bond donors (Lipinski definition) is 0. The van der Waals surface area contributed by atoms with E-state index in [-0.39, 0.29) is 0 Å². The molecule has 0 amide bonds. The molecule has 106 valence electrons. The monoisotopic (exact) mass is 260 g/mol. The van der Waals surface area contributed by atoms with Crippen LogP contribution in [0.15, 0.2) is 23.3 Å². The second-order valence-corrected chi connectivity index (χ2v) is 7.20. The fraction of sp³-hybridized carbons (Fsp3) is 0.778. The summed E-state index contributed by atoms with van der Waals surface area (Å²) in [4.78, 5) is 0. The zero-order valence-electron chi connectivity index (χ0n) is 12.9. The highest BCUT2D eigenvalue weighted by atomic mass is 16.5. The third kappa shape index (κ3) is 2.31. The van der Waals surface area contributed by atoms with Gasteiger partial charge in [0.05, 0.1) is 12.7 Å². The molecule has 1 heteroatoms. The van der Waals surface area contributed by atoms with E-state index < -0.39 is 0 Å². The summed E-state index contributed by atoms with van der Waals surface area (Å²) in [6.07, 6.45) is 9.26. The highest BCUT2D eigenvalue weighted by Gasteiger charge is 2.45. The van der Waals surface area contributed by atoms with Crippen LogP contribution in [0.2, 0.25) is 0 Å². The Morgan fingerprint density at radius 3 is 2.68 bits per heavy atom. The fourth-order valence-corrected chi connectivity index (χ4v) is 4.71. The normalized spacial score (nSPS) is 46.5. The molecule has 0 saturated carbocycles. The van der Waals surface area contributed by atoms with E-state index in [1.54, 1.807) is 11.1 Å². The first-order valence-corrected chi connectivity index (χ1v) is 8.03. The lowest BCUT2D eigenvalue weighted by molar-refractivity contribution is -0.117. The Morgan fingerprint density at radius 2 is 2.00 bits per heavy atom. The summed E-state index contributed by atoms with van der Waals surface area (Å²) in [6.45, 7) is 10.4. The lowest BCUT2D eigenvalue weighted by Crippen LogP contribution is -2.49. The average Bonchev–Trinajstić information content (AvgIpc) is 2.37. The van der Waals surface area contributed by atoms with Crippen molar-refractivity contribution in [1.82, 2.24) is 0 Å². The Balaban J connectivity index is 1.82. The first-order valence-electron chi connectivity index (χ1n) is 8.03. The second-order valence-electron chi connectivity index (χ2n) is 7.20. The van der Waals surface area contributed by atoms with Crippen molar-refractivity contribution in [3.05, 3.63) is 23.3 Å². The van der Waals surface area contributed by atoms with Crippen LogP contribution in [-0.2, 0) is 4.74 Å². The van der Waals surface area contributed by atoms with E-state index in [9.17, 15) is 0 Å². The number of ether oxygens (including phenoxy) is 1. The van der Waals surface area contributed by atoms with Gasteiger partial charge in [-0.3, -0.25) is 0 Å². The van der Waals surface area contributed by atoms with Crippen molar-refractivity contribution in [2.45, 2.75) is 53.1 Å². The summed E-state index contributed by atoms with van der Waals surface area (Å²) in [5.74, 6) is 3.65. The quantitative estimate of drug-likeness (QED) is 0.626. The molecule has 2 bridgehead atoms. The van der Waals surface area contributed by atoms with Crippen LogP contribution in [0.5, 0.6) is 0 Å². The Bertz CT molecular complexity index is 406. The SMILES string of the molecule is CC1=CC[C@H]([C@@H]2OC[C@@H]3[C@H](C)[C@@H]2C(C)=C[C@@H]3C)CC1. The molecule has 1 heterocycles. The minimum absolute atomic E-state index is 0.472. The van der Waals surface area contributed by atoms with E-state index in [4.69, 9.17) is 4.74 Å². The summed E-state index contributed by atoms with van der Waals surface area (Å²) in [5.41, 5.74) is 3.16. The largest absolute Gasteiger partial charge is 0.377 e. The molecule has 0 unspecified atom stereocenters. The Kier molecular flexibility index (Phi) is 3.59. The van der Waals surface area contributed by atoms with Crippen LogP contribution < -0.4 is 0 Å². The van der Waals surface area contributed by atoms with Gasteiger partial charge in [-0.1, -0.05) is 37.1 Å². The first-order chi connectivity index (χ1) is 9.08. The lowest BCUT2D eigenvalue weighted by atomic mass is 9.63. The molecule has 0 spiro atoms. The van der Waals surface area contributed by atoms with Gasteiger partial charge < -0.3 is 4.74 Å². The van der Waals surface area contributed by atoms with Crippen LogP contribution in [-0.4, -0.2) is 12.7 Å². The smallest absolute Gasteiger partial charge is 0.0674 e. The van der Waals surface area contributed by atoms with E-state index in [0.717, 1.165) is 24.4 Å². The first kappa shape index (κ1) is 13.4. The summed E-state index contributed by atoms with van der Waals surface area (Å²) in [5, 5.41) is 0. The van der Waals surface area contributed by atoms with Gasteiger partial charge in [-0.15, -0.1) is 0 Å². The summed E-state index contributed by atoms with van der Waals surface area (Å²) < 4.78 is 6.36. The average molecular weight is 260 g/mol. The van der Waals surface area contributed by atoms with Crippen LogP contribution in [0.4, 0.5) is 0 Å². The van der Waals surface area contributed by atoms with Crippen molar-refractivity contribution in [2.75, 3.05) is 6.61 Å². The van der Waals surface area contributed by atoms with Crippen LogP contribution in [0.25, 0.3) is 0 Å². The van der Waals surface area contributed by atoms with Crippen molar-refractivity contribution in [2.24, 2.45) is 29.6 Å². The van der Waals surface area contributed by atoms with E-state index in [0.29, 0.717) is 17.9 Å². The standard InChI is InChI=1S/C18H28O/c1-11-5-7-15(8-6-11)18-17-13(3)9-12(2)16(10-19-18)14(17)4/h5,9,12,14-18H,6-8,10H2,1-4H3/t12-,14-,15-,16-,17-,18-/m0/s1. The molecule has 1 nitrogen and oxygen atoms in total. The number of allylic oxidation sites excluding steroid dienone is 3. The second kappa shape index (κ2) is 5.09. The number of fused-ring (bicyclic) bond motifs is 2. The molecule has 6 atom stereocenters. The zero-order chi connectivity index (χ0) is 13.6. The summed E-state index contributed by atoms with van der Waals surface area (Å²) in [6, 6.07) is 0. The third-order valence-electron chi connectivity index (χ3n) is 5.95. The number of hydrogen-bond acceptors (Lipinski definition) is 1. The van der Waals surface area contributed by atoms with Gasteiger partial charge in [0.1, 0.15) is 0 Å². The van der Waals surface area contributed by atoms with Gasteiger partial charge >= 0.3 is 0 Å². The Hall–Kier alpha value is -0.560. The molecule has 1 fully saturated rings. The molecule has 0 aromatic carbocycles. The molecule has 1 saturated heterocycles. The van der Waals surface area contributed by atoms with Crippen molar-refractivity contribution < 1.29 is 4.74 Å². The lowest BCUT2D eigenvalue weighted by Gasteiger charge is -2.50. The van der Waals surface area contributed by atoms with Gasteiger partial charge in [0.25, 0.3) is 0 Å². The van der Waals surface area contributed by atoms with Crippen molar-refractivity contribution in [1.29, 1.82) is 0 Å². The summed E-state index contributed by atoms with van der Waals surface area (Å²) >= 11 is 0. The molecular weight excluding hydrogens is 232 g/mol. The topological polar surface area (TPSA) is 9.23 Å². The van der Waals surface area contributed by atoms with Crippen LogP contribution >= 0.6 is 0 Å². The molecule has 0 radical (unpaired) electrons. The Morgan fingerprint density at radius 1 is 1.21 bits per heavy atom. The van der Waals surface area contributed by atoms with Crippen molar-refractivity contribution in [3.63, 3.8) is 0 Å². The maximum absolute atomic E-state index is 6.36. The minimum atomic E-state index is 0.472. The Labute approximate surface area is 118 Å². The van der Waals surface area contributed by atoms with Gasteiger partial charge in [0.2, 0.25) is 0 Å². The molecule has 0 aromatic heterocycles. The van der Waals surface area contributed by atoms with E-state index >= 15 is 0 Å². The minimum Gasteiger partial charge on any atom is -0.377 e. The molecule has 2 aliphatic carbocycles.